The average Bonchev–Trinajstić information content (AvgIpc) is 3.25. The van der Waals surface area contributed by atoms with Crippen LogP contribution in [0.3, 0.4) is 0 Å². The van der Waals surface area contributed by atoms with Gasteiger partial charge in [0.25, 0.3) is 0 Å². The summed E-state index contributed by atoms with van der Waals surface area (Å²) in [7, 11) is 1.75. The van der Waals surface area contributed by atoms with Crippen molar-refractivity contribution in [3.8, 4) is 11.5 Å². The molecule has 0 bridgehead atoms. The topological polar surface area (TPSA) is 38.8 Å². The molecule has 2 aliphatic heterocycles. The number of rotatable bonds is 4. The summed E-state index contributed by atoms with van der Waals surface area (Å²) in [6.07, 6.45) is 1.75. The Morgan fingerprint density at radius 3 is 2.84 bits per heavy atom. The number of fused-ring (bicyclic) bond motifs is 2. The smallest absolute Gasteiger partial charge is 0.227 e. The van der Waals surface area contributed by atoms with Gasteiger partial charge < -0.3 is 14.4 Å². The van der Waals surface area contributed by atoms with Crippen molar-refractivity contribution in [2.45, 2.75) is 25.8 Å². The molecule has 2 aromatic rings. The van der Waals surface area contributed by atoms with E-state index in [-0.39, 0.29) is 18.1 Å². The Balaban J connectivity index is 1.56. The van der Waals surface area contributed by atoms with Gasteiger partial charge in [0.1, 0.15) is 17.3 Å². The Bertz CT molecular complexity index is 802. The van der Waals surface area contributed by atoms with Gasteiger partial charge in [-0.05, 0) is 17.7 Å². The van der Waals surface area contributed by atoms with Gasteiger partial charge in [0.05, 0.1) is 19.6 Å². The third-order valence-electron chi connectivity index (χ3n) is 4.88. The fraction of sp³-hybridized carbons (Fsp3) is 0.350. The van der Waals surface area contributed by atoms with E-state index in [4.69, 9.17) is 9.47 Å². The number of hydrogen-bond acceptors (Lipinski definition) is 3. The second-order valence-corrected chi connectivity index (χ2v) is 6.53. The highest BCUT2D eigenvalue weighted by Crippen LogP contribution is 2.41. The number of nitrogens with zero attached hydrogens (tertiary/aromatic N) is 1. The molecule has 2 aliphatic rings. The first-order chi connectivity index (χ1) is 12.1. The molecule has 5 heteroatoms. The van der Waals surface area contributed by atoms with Crippen molar-refractivity contribution < 1.29 is 18.7 Å². The molecule has 0 unspecified atom stereocenters. The zero-order valence-corrected chi connectivity index (χ0v) is 14.2. The summed E-state index contributed by atoms with van der Waals surface area (Å²) in [6.45, 7) is 1.78. The van der Waals surface area contributed by atoms with Crippen LogP contribution in [0.25, 0.3) is 0 Å². The molecule has 130 valence electrons. The quantitative estimate of drug-likeness (QED) is 0.858. The van der Waals surface area contributed by atoms with Gasteiger partial charge >= 0.3 is 0 Å². The molecular formula is C20H20FNO3. The maximum absolute atomic E-state index is 13.8. The van der Waals surface area contributed by atoms with Crippen molar-refractivity contribution in [3.63, 3.8) is 0 Å². The van der Waals surface area contributed by atoms with Crippen molar-refractivity contribution in [2.24, 2.45) is 0 Å². The Morgan fingerprint density at radius 1 is 1.20 bits per heavy atom. The van der Waals surface area contributed by atoms with Crippen LogP contribution in [0.4, 0.5) is 4.39 Å². The summed E-state index contributed by atoms with van der Waals surface area (Å²) >= 11 is 0. The van der Waals surface area contributed by atoms with Crippen molar-refractivity contribution in [1.82, 2.24) is 4.90 Å². The lowest BCUT2D eigenvalue weighted by molar-refractivity contribution is -0.129. The Kier molecular flexibility index (Phi) is 4.07. The highest BCUT2D eigenvalue weighted by atomic mass is 19.1. The van der Waals surface area contributed by atoms with Gasteiger partial charge in [0.15, 0.2) is 0 Å². The van der Waals surface area contributed by atoms with Crippen molar-refractivity contribution >= 4 is 5.91 Å². The molecule has 0 radical (unpaired) electrons. The lowest BCUT2D eigenvalue weighted by Gasteiger charge is -2.21. The standard InChI is InChI=1S/C20H20FNO3/c1-22(19(23)11-13-4-2-3-5-17(13)21)12-16-15-7-9-24-18(15)10-14-6-8-25-20(14)16/h2-5,10H,6-9,11-12H2,1H3. The number of carbonyl (C=O) groups is 1. The number of likely N-dealkylation sites (N-methyl/N-ethyl adjacent to an activating group) is 1. The van der Waals surface area contributed by atoms with Crippen LogP contribution < -0.4 is 9.47 Å². The van der Waals surface area contributed by atoms with Gasteiger partial charge in [0.2, 0.25) is 5.91 Å². The van der Waals surface area contributed by atoms with E-state index in [0.29, 0.717) is 25.3 Å². The molecule has 25 heavy (non-hydrogen) atoms. The molecule has 2 aromatic carbocycles. The summed E-state index contributed by atoms with van der Waals surface area (Å²) in [5, 5.41) is 0. The van der Waals surface area contributed by atoms with Crippen LogP contribution >= 0.6 is 0 Å². The van der Waals surface area contributed by atoms with Crippen LogP contribution in [-0.2, 0) is 30.6 Å². The highest BCUT2D eigenvalue weighted by Gasteiger charge is 2.27. The summed E-state index contributed by atoms with van der Waals surface area (Å²) in [5.41, 5.74) is 3.73. The second-order valence-electron chi connectivity index (χ2n) is 6.53. The molecule has 0 aromatic heterocycles. The van der Waals surface area contributed by atoms with Crippen LogP contribution in [0.2, 0.25) is 0 Å². The fourth-order valence-corrected chi connectivity index (χ4v) is 3.52. The average molecular weight is 341 g/mol. The zero-order chi connectivity index (χ0) is 17.4. The first-order valence-electron chi connectivity index (χ1n) is 8.54. The number of ether oxygens (including phenoxy) is 2. The van der Waals surface area contributed by atoms with Gasteiger partial charge in [0, 0.05) is 43.1 Å². The van der Waals surface area contributed by atoms with E-state index in [1.54, 1.807) is 30.1 Å². The monoisotopic (exact) mass is 341 g/mol. The number of benzene rings is 2. The maximum atomic E-state index is 13.8. The Labute approximate surface area is 146 Å². The molecular weight excluding hydrogens is 321 g/mol. The van der Waals surface area contributed by atoms with Gasteiger partial charge in [-0.2, -0.15) is 0 Å². The van der Waals surface area contributed by atoms with E-state index in [0.717, 1.165) is 41.0 Å². The number of hydrogen-bond donors (Lipinski definition) is 0. The minimum Gasteiger partial charge on any atom is -0.493 e. The Hall–Kier alpha value is -2.56. The summed E-state index contributed by atoms with van der Waals surface area (Å²) in [6, 6.07) is 8.46. The third-order valence-corrected chi connectivity index (χ3v) is 4.88. The molecule has 0 spiro atoms. The SMILES string of the molecule is CN(Cc1c2c(cc3c1OCC3)OCC2)C(=O)Cc1ccccc1F. The highest BCUT2D eigenvalue weighted by molar-refractivity contribution is 5.78. The molecule has 4 nitrogen and oxygen atoms in total. The summed E-state index contributed by atoms with van der Waals surface area (Å²) in [4.78, 5) is 14.2. The fourth-order valence-electron chi connectivity index (χ4n) is 3.52. The van der Waals surface area contributed by atoms with E-state index < -0.39 is 0 Å². The van der Waals surface area contributed by atoms with Crippen molar-refractivity contribution in [1.29, 1.82) is 0 Å². The van der Waals surface area contributed by atoms with E-state index in [1.807, 2.05) is 0 Å². The van der Waals surface area contributed by atoms with Crippen LogP contribution in [0.5, 0.6) is 11.5 Å². The largest absolute Gasteiger partial charge is 0.493 e. The molecule has 0 atom stereocenters. The summed E-state index contributed by atoms with van der Waals surface area (Å²) < 4.78 is 25.3. The van der Waals surface area contributed by atoms with Gasteiger partial charge in [-0.25, -0.2) is 4.39 Å². The Morgan fingerprint density at radius 2 is 2.00 bits per heavy atom. The van der Waals surface area contributed by atoms with Gasteiger partial charge in [-0.15, -0.1) is 0 Å². The predicted octanol–water partition coefficient (Wildman–Crippen LogP) is 2.90. The lowest BCUT2D eigenvalue weighted by Crippen LogP contribution is -2.28. The molecule has 0 saturated heterocycles. The minimum atomic E-state index is -0.345. The number of carbonyl (C=O) groups excluding carboxylic acids is 1. The molecule has 4 rings (SSSR count). The zero-order valence-electron chi connectivity index (χ0n) is 14.2. The van der Waals surface area contributed by atoms with Crippen LogP contribution in [0.15, 0.2) is 30.3 Å². The van der Waals surface area contributed by atoms with Crippen LogP contribution in [-0.4, -0.2) is 31.1 Å². The predicted molar refractivity (Wildman–Crippen MR) is 91.4 cm³/mol. The van der Waals surface area contributed by atoms with Crippen molar-refractivity contribution in [3.05, 3.63) is 58.4 Å². The van der Waals surface area contributed by atoms with E-state index in [2.05, 4.69) is 6.07 Å². The first-order valence-corrected chi connectivity index (χ1v) is 8.54. The first kappa shape index (κ1) is 15.9. The lowest BCUT2D eigenvalue weighted by atomic mass is 9.99. The molecule has 0 aliphatic carbocycles. The van der Waals surface area contributed by atoms with Crippen molar-refractivity contribution in [2.75, 3.05) is 20.3 Å². The molecule has 1 amide bonds. The van der Waals surface area contributed by atoms with Gasteiger partial charge in [-0.3, -0.25) is 4.79 Å². The molecule has 0 N–H and O–H groups in total. The van der Waals surface area contributed by atoms with E-state index >= 15 is 0 Å². The second kappa shape index (κ2) is 6.39. The molecule has 0 fully saturated rings. The third kappa shape index (κ3) is 2.95. The van der Waals surface area contributed by atoms with Crippen LogP contribution in [0, 0.1) is 5.82 Å². The molecule has 2 heterocycles. The summed E-state index contributed by atoms with van der Waals surface area (Å²) in [5.74, 6) is 1.35. The van der Waals surface area contributed by atoms with E-state index in [9.17, 15) is 9.18 Å². The number of halogens is 1. The number of amides is 1. The normalized spacial score (nSPS) is 14.5. The van der Waals surface area contributed by atoms with Gasteiger partial charge in [-0.1, -0.05) is 18.2 Å². The maximum Gasteiger partial charge on any atom is 0.227 e. The minimum absolute atomic E-state index is 0.0533. The van der Waals surface area contributed by atoms with E-state index in [1.165, 1.54) is 6.07 Å². The van der Waals surface area contributed by atoms with Crippen LogP contribution in [0.1, 0.15) is 22.3 Å². The molecule has 0 saturated carbocycles.